The third kappa shape index (κ3) is 5.86. The zero-order valence-electron chi connectivity index (χ0n) is 12.7. The lowest BCUT2D eigenvalue weighted by Crippen LogP contribution is -2.61. The lowest BCUT2D eigenvalue weighted by Gasteiger charge is -2.41. The summed E-state index contributed by atoms with van der Waals surface area (Å²) < 4.78 is 5.02. The molecule has 0 aromatic rings. The molecule has 1 aliphatic rings. The number of nitrogens with zero attached hydrogens (tertiary/aromatic N) is 3. The number of piperidine rings is 1. The summed E-state index contributed by atoms with van der Waals surface area (Å²) in [6.45, 7) is 10.2. The Kier molecular flexibility index (Phi) is 7.61. The lowest BCUT2D eigenvalue weighted by atomic mass is 9.90. The summed E-state index contributed by atoms with van der Waals surface area (Å²) in [6.07, 6.45) is 3.75. The zero-order valence-corrected chi connectivity index (χ0v) is 13.5. The van der Waals surface area contributed by atoms with Gasteiger partial charge in [-0.2, -0.15) is 0 Å². The number of guanidine groups is 1. The van der Waals surface area contributed by atoms with E-state index in [4.69, 9.17) is 0 Å². The van der Waals surface area contributed by atoms with E-state index in [1.165, 1.54) is 25.3 Å². The molecule has 22 heavy (non-hydrogen) atoms. The number of rotatable bonds is 7. The Hall–Kier alpha value is -1.87. The molecule has 0 aromatic carbocycles. The number of hydrogen-bond acceptors (Lipinski definition) is 5. The van der Waals surface area contributed by atoms with Crippen LogP contribution < -0.4 is 15.4 Å². The van der Waals surface area contributed by atoms with E-state index in [1.807, 2.05) is 4.31 Å². The summed E-state index contributed by atoms with van der Waals surface area (Å²) in [5, 5.41) is 5.63. The van der Waals surface area contributed by atoms with Crippen molar-refractivity contribution < 1.29 is 9.59 Å². The van der Waals surface area contributed by atoms with Gasteiger partial charge in [0.1, 0.15) is 0 Å². The van der Waals surface area contributed by atoms with E-state index < -0.39 is 5.54 Å². The summed E-state index contributed by atoms with van der Waals surface area (Å²) in [4.78, 5) is 29.7. The Bertz CT molecular complexity index is 456. The second-order valence-electron chi connectivity index (χ2n) is 4.91. The minimum atomic E-state index is -0.475. The second kappa shape index (κ2) is 9.21. The molecule has 0 spiro atoms. The molecule has 1 aliphatic heterocycles. The van der Waals surface area contributed by atoms with Gasteiger partial charge in [-0.1, -0.05) is 6.58 Å². The normalized spacial score (nSPS) is 22.5. The van der Waals surface area contributed by atoms with Crippen molar-refractivity contribution in [2.24, 2.45) is 9.98 Å². The smallest absolute Gasteiger partial charge is 0.233 e. The van der Waals surface area contributed by atoms with Gasteiger partial charge >= 0.3 is 0 Å². The fourth-order valence-corrected chi connectivity index (χ4v) is 3.05. The van der Waals surface area contributed by atoms with Crippen LogP contribution in [0.4, 0.5) is 0 Å². The minimum Gasteiger partial charge on any atom is -0.354 e. The Morgan fingerprint density at radius 3 is 2.91 bits per heavy atom. The molecule has 8 nitrogen and oxygen atoms in total. The molecule has 1 atom stereocenters. The summed E-state index contributed by atoms with van der Waals surface area (Å²) in [5.74, 6) is 0.243. The van der Waals surface area contributed by atoms with Crippen molar-refractivity contribution in [1.29, 1.82) is 0 Å². The molecule has 1 rings (SSSR count). The fraction of sp³-hybridized carbons (Fsp3) is 0.538. The van der Waals surface area contributed by atoms with Crippen LogP contribution in [0.1, 0.15) is 19.8 Å². The van der Waals surface area contributed by atoms with Gasteiger partial charge in [-0.3, -0.25) is 14.3 Å². The fourth-order valence-electron chi connectivity index (χ4n) is 2.19. The van der Waals surface area contributed by atoms with Gasteiger partial charge in [0.25, 0.3) is 0 Å². The van der Waals surface area contributed by atoms with Crippen LogP contribution in [0.3, 0.4) is 0 Å². The van der Waals surface area contributed by atoms with E-state index in [9.17, 15) is 9.59 Å². The van der Waals surface area contributed by atoms with Crippen molar-refractivity contribution in [1.82, 2.24) is 19.7 Å². The van der Waals surface area contributed by atoms with E-state index in [0.717, 1.165) is 19.4 Å². The standard InChI is InChI=1S/C13H22N6O2S/c1-4-15-12(14-3)18-22-19-7-5-6-13(9-19,17-10-20)8-16-11(2)21/h4,10H,1,3,5-9H2,2H3,(H,15,18)(H,16,21)(H,17,20). The molecule has 1 unspecified atom stereocenters. The molecular weight excluding hydrogens is 304 g/mol. The Labute approximate surface area is 134 Å². The SMILES string of the molecule is C=CN=C(N=C)NSN1CCCC(CNC(C)=O)(NC=O)C1. The maximum Gasteiger partial charge on any atom is 0.233 e. The van der Waals surface area contributed by atoms with Gasteiger partial charge in [-0.15, -0.1) is 0 Å². The van der Waals surface area contributed by atoms with Crippen LogP contribution in [0.5, 0.6) is 0 Å². The van der Waals surface area contributed by atoms with Gasteiger partial charge in [0.15, 0.2) is 0 Å². The average molecular weight is 326 g/mol. The number of carbonyl (C=O) groups is 2. The molecule has 1 saturated heterocycles. The molecule has 0 aromatic heterocycles. The largest absolute Gasteiger partial charge is 0.354 e. The Morgan fingerprint density at radius 1 is 1.55 bits per heavy atom. The van der Waals surface area contributed by atoms with Gasteiger partial charge in [0.05, 0.1) is 5.54 Å². The molecule has 2 amide bonds. The summed E-state index contributed by atoms with van der Waals surface area (Å²) in [7, 11) is 0. The number of carbonyl (C=O) groups excluding carboxylic acids is 2. The first-order valence-corrected chi connectivity index (χ1v) is 7.62. The van der Waals surface area contributed by atoms with Gasteiger partial charge in [0, 0.05) is 44.9 Å². The van der Waals surface area contributed by atoms with E-state index in [1.54, 1.807) is 0 Å². The van der Waals surface area contributed by atoms with Crippen LogP contribution in [0.25, 0.3) is 0 Å². The molecule has 0 bridgehead atoms. The minimum absolute atomic E-state index is 0.119. The van der Waals surface area contributed by atoms with Gasteiger partial charge in [-0.05, 0) is 19.6 Å². The lowest BCUT2D eigenvalue weighted by molar-refractivity contribution is -0.120. The number of hydrogen-bond donors (Lipinski definition) is 3. The van der Waals surface area contributed by atoms with E-state index in [2.05, 4.69) is 38.6 Å². The first-order chi connectivity index (χ1) is 10.5. The first kappa shape index (κ1) is 18.2. The van der Waals surface area contributed by atoms with Crippen molar-refractivity contribution in [3.05, 3.63) is 12.8 Å². The van der Waals surface area contributed by atoms with E-state index >= 15 is 0 Å². The summed E-state index contributed by atoms with van der Waals surface area (Å²) in [5.41, 5.74) is -0.475. The van der Waals surface area contributed by atoms with Crippen molar-refractivity contribution in [3.8, 4) is 0 Å². The number of aliphatic imine (C=N–C) groups is 2. The van der Waals surface area contributed by atoms with Crippen LogP contribution in [0.2, 0.25) is 0 Å². The quantitative estimate of drug-likeness (QED) is 0.266. The maximum atomic E-state index is 11.1. The van der Waals surface area contributed by atoms with Gasteiger partial charge in [-0.25, -0.2) is 14.3 Å². The van der Waals surface area contributed by atoms with Crippen molar-refractivity contribution in [2.75, 3.05) is 19.6 Å². The predicted octanol–water partition coefficient (Wildman–Crippen LogP) is 0.0560. The van der Waals surface area contributed by atoms with Crippen LogP contribution in [-0.2, 0) is 9.59 Å². The molecule has 9 heteroatoms. The molecular formula is C13H22N6O2S. The van der Waals surface area contributed by atoms with Crippen LogP contribution in [0, 0.1) is 0 Å². The summed E-state index contributed by atoms with van der Waals surface area (Å²) >= 11 is 1.33. The van der Waals surface area contributed by atoms with Crippen molar-refractivity contribution >= 4 is 37.1 Å². The molecule has 1 heterocycles. The van der Waals surface area contributed by atoms with E-state index in [0.29, 0.717) is 25.5 Å². The number of nitrogens with one attached hydrogen (secondary N) is 3. The molecule has 3 N–H and O–H groups in total. The zero-order chi connectivity index (χ0) is 16.4. The average Bonchev–Trinajstić information content (AvgIpc) is 2.50. The van der Waals surface area contributed by atoms with Crippen LogP contribution in [0.15, 0.2) is 22.8 Å². The first-order valence-electron chi connectivity index (χ1n) is 6.84. The number of amides is 2. The highest BCUT2D eigenvalue weighted by Gasteiger charge is 2.35. The van der Waals surface area contributed by atoms with Gasteiger partial charge in [0.2, 0.25) is 18.3 Å². The Balaban J connectivity index is 2.64. The van der Waals surface area contributed by atoms with Crippen LogP contribution >= 0.6 is 12.1 Å². The van der Waals surface area contributed by atoms with Crippen molar-refractivity contribution in [2.45, 2.75) is 25.3 Å². The molecule has 0 saturated carbocycles. The molecule has 122 valence electrons. The van der Waals surface area contributed by atoms with Crippen molar-refractivity contribution in [3.63, 3.8) is 0 Å². The topological polar surface area (TPSA) is 98.2 Å². The third-order valence-corrected chi connectivity index (χ3v) is 4.06. The monoisotopic (exact) mass is 326 g/mol. The summed E-state index contributed by atoms with van der Waals surface area (Å²) in [6, 6.07) is 0. The maximum absolute atomic E-state index is 11.1. The second-order valence-corrected chi connectivity index (χ2v) is 5.81. The Morgan fingerprint density at radius 2 is 2.32 bits per heavy atom. The van der Waals surface area contributed by atoms with Crippen LogP contribution in [-0.4, -0.2) is 54.5 Å². The molecule has 1 fully saturated rings. The van der Waals surface area contributed by atoms with Gasteiger partial charge < -0.3 is 10.6 Å². The third-order valence-electron chi connectivity index (χ3n) is 3.21. The highest BCUT2D eigenvalue weighted by Crippen LogP contribution is 2.24. The highest BCUT2D eigenvalue weighted by molar-refractivity contribution is 7.95. The highest BCUT2D eigenvalue weighted by atomic mass is 32.2. The predicted molar refractivity (Wildman–Crippen MR) is 89.3 cm³/mol. The van der Waals surface area contributed by atoms with E-state index in [-0.39, 0.29) is 5.91 Å². The molecule has 0 radical (unpaired) electrons. The molecule has 0 aliphatic carbocycles.